The van der Waals surface area contributed by atoms with E-state index in [2.05, 4.69) is 12.1 Å². The molecule has 68 valence electrons. The number of phenols is 1. The first-order valence-corrected chi connectivity index (χ1v) is 4.46. The Morgan fingerprint density at radius 3 is 2.71 bits per heavy atom. The van der Waals surface area contributed by atoms with Gasteiger partial charge in [-0.05, 0) is 30.7 Å². The van der Waals surface area contributed by atoms with Gasteiger partial charge in [0.2, 0.25) is 0 Å². The molecule has 0 fully saturated rings. The highest BCUT2D eigenvalue weighted by molar-refractivity contribution is 5.70. The maximum absolute atomic E-state index is 9.82. The Labute approximate surface area is 83.6 Å². The van der Waals surface area contributed by atoms with Crippen molar-refractivity contribution in [2.75, 3.05) is 0 Å². The minimum Gasteiger partial charge on any atom is -0.507 e. The number of rotatable bonds is 1. The van der Waals surface area contributed by atoms with Crippen LogP contribution in [0.2, 0.25) is 0 Å². The lowest BCUT2D eigenvalue weighted by Gasteiger charge is -2.04. The van der Waals surface area contributed by atoms with Gasteiger partial charge in [-0.15, -0.1) is 0 Å². The Bertz CT molecular complexity index is 432. The zero-order chi connectivity index (χ0) is 9.97. The van der Waals surface area contributed by atoms with E-state index in [-0.39, 0.29) is 0 Å². The Hall–Kier alpha value is -1.94. The van der Waals surface area contributed by atoms with Crippen molar-refractivity contribution in [3.05, 3.63) is 54.1 Å². The second kappa shape index (κ2) is 3.43. The summed E-state index contributed by atoms with van der Waals surface area (Å²) in [5.41, 5.74) is 2.55. The molecule has 2 aromatic rings. The minimum atomic E-state index is 0.323. The predicted octanol–water partition coefficient (Wildman–Crippen LogP) is 2.97. The second-order valence-electron chi connectivity index (χ2n) is 3.18. The van der Waals surface area contributed by atoms with E-state index in [1.165, 1.54) is 0 Å². The Kier molecular flexibility index (Phi) is 2.12. The number of hydrogen-bond donors (Lipinski definition) is 1. The van der Waals surface area contributed by atoms with E-state index in [1.54, 1.807) is 6.07 Å². The van der Waals surface area contributed by atoms with Crippen LogP contribution >= 0.6 is 0 Å². The van der Waals surface area contributed by atoms with Gasteiger partial charge in [-0.3, -0.25) is 0 Å². The summed E-state index contributed by atoms with van der Waals surface area (Å²) in [6.07, 6.45) is 0. The fourth-order valence-corrected chi connectivity index (χ4v) is 1.39. The molecule has 0 aliphatic heterocycles. The number of para-hydroxylation sites is 1. The van der Waals surface area contributed by atoms with Gasteiger partial charge >= 0.3 is 0 Å². The number of benzene rings is 1. The van der Waals surface area contributed by atoms with Gasteiger partial charge in [0.15, 0.2) is 0 Å². The van der Waals surface area contributed by atoms with Gasteiger partial charge in [-0.1, -0.05) is 30.3 Å². The summed E-state index contributed by atoms with van der Waals surface area (Å²) in [5.74, 6) is 0.323. The van der Waals surface area contributed by atoms with Gasteiger partial charge in [-0.2, -0.15) is 0 Å². The van der Waals surface area contributed by atoms with Crippen LogP contribution in [0, 0.1) is 19.1 Å². The van der Waals surface area contributed by atoms with E-state index in [4.69, 9.17) is 0 Å². The van der Waals surface area contributed by atoms with Crippen molar-refractivity contribution in [2.24, 2.45) is 0 Å². The average Bonchev–Trinajstić information content (AvgIpc) is 2.23. The molecule has 1 N–H and O–H groups in total. The van der Waals surface area contributed by atoms with Crippen molar-refractivity contribution < 1.29 is 5.11 Å². The van der Waals surface area contributed by atoms with Gasteiger partial charge in [0.1, 0.15) is 5.75 Å². The smallest absolute Gasteiger partial charge is 0.126 e. The topological polar surface area (TPSA) is 20.2 Å². The fraction of sp³-hybridized carbons (Fsp3) is 0.0769. The van der Waals surface area contributed by atoms with Gasteiger partial charge < -0.3 is 5.11 Å². The SMILES string of the molecule is Cc1cccc(-c2c#cccc2)c1O. The molecule has 0 heterocycles. The van der Waals surface area contributed by atoms with Crippen LogP contribution in [0.25, 0.3) is 11.1 Å². The molecular formula is C13H10O. The zero-order valence-corrected chi connectivity index (χ0v) is 7.91. The van der Waals surface area contributed by atoms with E-state index in [0.717, 1.165) is 16.7 Å². The monoisotopic (exact) mass is 182 g/mol. The highest BCUT2D eigenvalue weighted by atomic mass is 16.3. The summed E-state index contributed by atoms with van der Waals surface area (Å²) in [4.78, 5) is 0. The predicted molar refractivity (Wildman–Crippen MR) is 56.0 cm³/mol. The van der Waals surface area contributed by atoms with Crippen molar-refractivity contribution in [1.82, 2.24) is 0 Å². The maximum Gasteiger partial charge on any atom is 0.126 e. The third-order valence-corrected chi connectivity index (χ3v) is 2.18. The molecule has 2 rings (SSSR count). The Balaban J connectivity index is 2.58. The molecule has 0 bridgehead atoms. The molecule has 14 heavy (non-hydrogen) atoms. The molecule has 0 atom stereocenters. The molecule has 1 nitrogen and oxygen atoms in total. The van der Waals surface area contributed by atoms with Crippen LogP contribution in [0.1, 0.15) is 5.56 Å². The number of phenolic OH excluding ortho intramolecular Hbond substituents is 1. The zero-order valence-electron chi connectivity index (χ0n) is 7.91. The summed E-state index contributed by atoms with van der Waals surface area (Å²) >= 11 is 0. The standard InChI is InChI=1S/C13H10O/c1-10-6-5-9-12(13(10)14)11-7-3-2-4-8-11/h2-3,5-7,9,14H,1H3. The van der Waals surface area contributed by atoms with E-state index in [0.29, 0.717) is 5.75 Å². The highest BCUT2D eigenvalue weighted by Crippen LogP contribution is 2.30. The van der Waals surface area contributed by atoms with Crippen molar-refractivity contribution >= 4 is 0 Å². The molecule has 0 radical (unpaired) electrons. The quantitative estimate of drug-likeness (QED) is 0.718. The third-order valence-electron chi connectivity index (χ3n) is 2.18. The Morgan fingerprint density at radius 2 is 2.00 bits per heavy atom. The maximum atomic E-state index is 9.82. The summed E-state index contributed by atoms with van der Waals surface area (Å²) < 4.78 is 0. The first-order valence-electron chi connectivity index (χ1n) is 4.46. The average molecular weight is 182 g/mol. The molecule has 0 saturated heterocycles. The van der Waals surface area contributed by atoms with E-state index in [1.807, 2.05) is 37.3 Å². The molecule has 0 aliphatic rings. The lowest BCUT2D eigenvalue weighted by Crippen LogP contribution is -1.80. The van der Waals surface area contributed by atoms with Crippen LogP contribution in [0.15, 0.2) is 36.4 Å². The molecule has 1 heteroatoms. The van der Waals surface area contributed by atoms with E-state index < -0.39 is 0 Å². The van der Waals surface area contributed by atoms with Crippen molar-refractivity contribution in [3.8, 4) is 16.9 Å². The van der Waals surface area contributed by atoms with Crippen molar-refractivity contribution in [1.29, 1.82) is 0 Å². The van der Waals surface area contributed by atoms with Crippen molar-refractivity contribution in [2.45, 2.75) is 6.92 Å². The largest absolute Gasteiger partial charge is 0.507 e. The van der Waals surface area contributed by atoms with Gasteiger partial charge in [0, 0.05) is 11.1 Å². The number of aryl methyl sites for hydroxylation is 1. The number of hydrogen-bond acceptors (Lipinski definition) is 1. The molecular weight excluding hydrogens is 172 g/mol. The van der Waals surface area contributed by atoms with Crippen molar-refractivity contribution in [3.63, 3.8) is 0 Å². The summed E-state index contributed by atoms with van der Waals surface area (Å²) in [5, 5.41) is 9.82. The molecule has 0 spiro atoms. The summed E-state index contributed by atoms with van der Waals surface area (Å²) in [6, 6.07) is 17.1. The normalized spacial score (nSPS) is 9.50. The Morgan fingerprint density at radius 1 is 1.14 bits per heavy atom. The molecule has 0 saturated carbocycles. The molecule has 0 aliphatic carbocycles. The van der Waals surface area contributed by atoms with Crippen LogP contribution in [0.4, 0.5) is 0 Å². The van der Waals surface area contributed by atoms with Crippen LogP contribution < -0.4 is 0 Å². The van der Waals surface area contributed by atoms with E-state index in [9.17, 15) is 5.11 Å². The van der Waals surface area contributed by atoms with Gasteiger partial charge in [0.25, 0.3) is 0 Å². The van der Waals surface area contributed by atoms with Crippen LogP contribution in [0.5, 0.6) is 5.75 Å². The van der Waals surface area contributed by atoms with Crippen LogP contribution in [-0.4, -0.2) is 5.11 Å². The summed E-state index contributed by atoms with van der Waals surface area (Å²) in [6.45, 7) is 1.88. The molecule has 0 aromatic heterocycles. The minimum absolute atomic E-state index is 0.323. The van der Waals surface area contributed by atoms with Gasteiger partial charge in [0.05, 0.1) is 0 Å². The first kappa shape index (κ1) is 8.65. The second-order valence-corrected chi connectivity index (χ2v) is 3.18. The van der Waals surface area contributed by atoms with Crippen LogP contribution in [0.3, 0.4) is 0 Å². The highest BCUT2D eigenvalue weighted by Gasteiger charge is 2.04. The first-order chi connectivity index (χ1) is 6.79. The van der Waals surface area contributed by atoms with Crippen LogP contribution in [-0.2, 0) is 0 Å². The third kappa shape index (κ3) is 1.43. The molecule has 0 amide bonds. The summed E-state index contributed by atoms with van der Waals surface area (Å²) in [7, 11) is 0. The van der Waals surface area contributed by atoms with E-state index >= 15 is 0 Å². The fourth-order valence-electron chi connectivity index (χ4n) is 1.39. The lowest BCUT2D eigenvalue weighted by atomic mass is 10.0. The molecule has 2 aromatic carbocycles. The molecule has 0 unspecified atom stereocenters. The van der Waals surface area contributed by atoms with Gasteiger partial charge in [-0.25, -0.2) is 0 Å². The number of aromatic hydroxyl groups is 1. The lowest BCUT2D eigenvalue weighted by molar-refractivity contribution is 0.473.